The first kappa shape index (κ1) is 12.1. The predicted octanol–water partition coefficient (Wildman–Crippen LogP) is 3.69. The van der Waals surface area contributed by atoms with E-state index < -0.39 is 0 Å². The van der Waals surface area contributed by atoms with E-state index in [-0.39, 0.29) is 0 Å². The summed E-state index contributed by atoms with van der Waals surface area (Å²) >= 11 is 5.74. The molecular weight excluding hydrogens is 194 g/mol. The van der Waals surface area contributed by atoms with E-state index in [1.54, 1.807) is 0 Å². The van der Waals surface area contributed by atoms with E-state index in [4.69, 9.17) is 11.6 Å². The van der Waals surface area contributed by atoms with Crippen LogP contribution in [0, 0.1) is 5.41 Å². The van der Waals surface area contributed by atoms with Gasteiger partial charge in [0.05, 0.1) is 0 Å². The number of halogens is 1. The summed E-state index contributed by atoms with van der Waals surface area (Å²) in [6.07, 6.45) is 6.57. The average molecular weight is 216 g/mol. The summed E-state index contributed by atoms with van der Waals surface area (Å²) in [5.74, 6) is 0. The van der Waals surface area contributed by atoms with E-state index in [0.29, 0.717) is 16.5 Å². The first-order chi connectivity index (χ1) is 6.49. The molecule has 0 aromatic carbocycles. The highest BCUT2D eigenvalue weighted by atomic mass is 35.5. The molecule has 1 N–H and O–H groups in total. The molecule has 0 aromatic heterocycles. The third-order valence-electron chi connectivity index (χ3n) is 3.16. The van der Waals surface area contributed by atoms with E-state index >= 15 is 0 Å². The summed E-state index contributed by atoms with van der Waals surface area (Å²) in [7, 11) is 0. The Morgan fingerprint density at radius 2 is 2.14 bits per heavy atom. The zero-order valence-corrected chi connectivity index (χ0v) is 10.2. The van der Waals surface area contributed by atoms with E-state index in [1.165, 1.54) is 32.1 Å². The highest BCUT2D eigenvalue weighted by Crippen LogP contribution is 2.33. The number of nitrogens with one attached hydrogen (secondary N) is 1. The van der Waals surface area contributed by atoms with Crippen molar-refractivity contribution < 1.29 is 0 Å². The van der Waals surface area contributed by atoms with Crippen molar-refractivity contribution >= 4 is 11.6 Å². The van der Waals surface area contributed by atoms with Crippen molar-refractivity contribution in [3.8, 4) is 0 Å². The molecule has 1 fully saturated rings. The molecule has 1 nitrogen and oxygen atoms in total. The van der Waals surface area contributed by atoms with Crippen molar-refractivity contribution in [3.63, 3.8) is 0 Å². The Labute approximate surface area is 92.9 Å². The molecule has 0 aromatic rings. The van der Waals surface area contributed by atoms with Crippen LogP contribution in [-0.2, 0) is 0 Å². The molecule has 1 saturated carbocycles. The molecule has 0 saturated heterocycles. The van der Waals surface area contributed by atoms with Gasteiger partial charge in [0.15, 0.2) is 0 Å². The number of hydrogen-bond acceptors (Lipinski definition) is 1. The maximum atomic E-state index is 5.74. The molecule has 0 amide bonds. The van der Waals surface area contributed by atoms with Crippen LogP contribution < -0.4 is 5.32 Å². The van der Waals surface area contributed by atoms with Crippen LogP contribution >= 0.6 is 11.6 Å². The second kappa shape index (κ2) is 5.18. The number of rotatable bonds is 3. The summed E-state index contributed by atoms with van der Waals surface area (Å²) in [6, 6.07) is 0.646. The third kappa shape index (κ3) is 4.47. The van der Waals surface area contributed by atoms with Crippen LogP contribution in [0.1, 0.15) is 46.0 Å². The van der Waals surface area contributed by atoms with Crippen molar-refractivity contribution in [2.45, 2.75) is 52.0 Å². The lowest BCUT2D eigenvalue weighted by atomic mass is 9.85. The van der Waals surface area contributed by atoms with Crippen LogP contribution in [0.2, 0.25) is 0 Å². The van der Waals surface area contributed by atoms with Gasteiger partial charge in [0.1, 0.15) is 0 Å². The van der Waals surface area contributed by atoms with Crippen LogP contribution in [-0.4, -0.2) is 12.6 Å². The standard InChI is InChI=1S/C12H22ClN/c1-10(13)9-14-11-5-4-7-12(2,3)8-6-11/h11,14H,1,4-9H2,2-3H3. The Morgan fingerprint density at radius 1 is 1.43 bits per heavy atom. The minimum Gasteiger partial charge on any atom is -0.309 e. The van der Waals surface area contributed by atoms with Crippen molar-refractivity contribution in [1.29, 1.82) is 0 Å². The molecule has 0 radical (unpaired) electrons. The summed E-state index contributed by atoms with van der Waals surface area (Å²) in [5.41, 5.74) is 0.536. The molecule has 82 valence electrons. The minimum absolute atomic E-state index is 0.536. The van der Waals surface area contributed by atoms with Gasteiger partial charge in [-0.25, -0.2) is 0 Å². The topological polar surface area (TPSA) is 12.0 Å². The lowest BCUT2D eigenvalue weighted by Crippen LogP contribution is -2.29. The van der Waals surface area contributed by atoms with Gasteiger partial charge in [-0.1, -0.05) is 38.4 Å². The Morgan fingerprint density at radius 3 is 2.79 bits per heavy atom. The Balaban J connectivity index is 2.31. The second-order valence-corrected chi connectivity index (χ2v) is 5.72. The SMILES string of the molecule is C=C(Cl)CNC1CCCC(C)(C)CC1. The van der Waals surface area contributed by atoms with Crippen LogP contribution in [0.25, 0.3) is 0 Å². The molecule has 1 aliphatic rings. The van der Waals surface area contributed by atoms with Crippen molar-refractivity contribution in [1.82, 2.24) is 5.32 Å². The zero-order valence-electron chi connectivity index (χ0n) is 9.41. The average Bonchev–Trinajstić information content (AvgIpc) is 2.23. The van der Waals surface area contributed by atoms with Gasteiger partial charge in [-0.3, -0.25) is 0 Å². The molecule has 0 bridgehead atoms. The predicted molar refractivity (Wildman–Crippen MR) is 63.6 cm³/mol. The van der Waals surface area contributed by atoms with Crippen LogP contribution in [0.3, 0.4) is 0 Å². The molecule has 14 heavy (non-hydrogen) atoms. The van der Waals surface area contributed by atoms with Gasteiger partial charge < -0.3 is 5.32 Å². The molecule has 0 aliphatic heterocycles. The van der Waals surface area contributed by atoms with Gasteiger partial charge in [0.2, 0.25) is 0 Å². The fourth-order valence-corrected chi connectivity index (χ4v) is 2.20. The van der Waals surface area contributed by atoms with Crippen LogP contribution in [0.4, 0.5) is 0 Å². The van der Waals surface area contributed by atoms with E-state index in [0.717, 1.165) is 6.54 Å². The van der Waals surface area contributed by atoms with Crippen molar-refractivity contribution in [3.05, 3.63) is 11.6 Å². The summed E-state index contributed by atoms with van der Waals surface area (Å²) in [5, 5.41) is 4.18. The van der Waals surface area contributed by atoms with Crippen LogP contribution in [0.5, 0.6) is 0 Å². The van der Waals surface area contributed by atoms with Gasteiger partial charge in [-0.05, 0) is 31.1 Å². The third-order valence-corrected chi connectivity index (χ3v) is 3.29. The maximum Gasteiger partial charge on any atom is 0.0310 e. The van der Waals surface area contributed by atoms with Gasteiger partial charge in [0, 0.05) is 17.6 Å². The molecule has 1 aliphatic carbocycles. The molecule has 0 spiro atoms. The summed E-state index contributed by atoms with van der Waals surface area (Å²) < 4.78 is 0. The zero-order chi connectivity index (χ0) is 10.6. The minimum atomic E-state index is 0.536. The largest absolute Gasteiger partial charge is 0.309 e. The highest BCUT2D eigenvalue weighted by Gasteiger charge is 2.23. The molecular formula is C12H22ClN. The first-order valence-corrected chi connectivity index (χ1v) is 5.94. The van der Waals surface area contributed by atoms with Gasteiger partial charge >= 0.3 is 0 Å². The van der Waals surface area contributed by atoms with Crippen molar-refractivity contribution in [2.24, 2.45) is 5.41 Å². The Bertz CT molecular complexity index is 198. The maximum absolute atomic E-state index is 5.74. The molecule has 2 heteroatoms. The number of hydrogen-bond donors (Lipinski definition) is 1. The highest BCUT2D eigenvalue weighted by molar-refractivity contribution is 6.29. The fourth-order valence-electron chi connectivity index (χ4n) is 2.12. The molecule has 1 atom stereocenters. The first-order valence-electron chi connectivity index (χ1n) is 5.56. The molecule has 1 unspecified atom stereocenters. The molecule has 1 rings (SSSR count). The Hall–Kier alpha value is -0.0100. The van der Waals surface area contributed by atoms with Crippen LogP contribution in [0.15, 0.2) is 11.6 Å². The Kier molecular flexibility index (Phi) is 4.46. The van der Waals surface area contributed by atoms with E-state index in [1.807, 2.05) is 0 Å². The normalized spacial score (nSPS) is 26.9. The lowest BCUT2D eigenvalue weighted by Gasteiger charge is -2.22. The van der Waals surface area contributed by atoms with Gasteiger partial charge in [-0.15, -0.1) is 0 Å². The smallest absolute Gasteiger partial charge is 0.0310 e. The quantitative estimate of drug-likeness (QED) is 0.709. The van der Waals surface area contributed by atoms with E-state index in [2.05, 4.69) is 25.7 Å². The van der Waals surface area contributed by atoms with Gasteiger partial charge in [0.25, 0.3) is 0 Å². The summed E-state index contributed by atoms with van der Waals surface area (Å²) in [6.45, 7) is 9.19. The fraction of sp³-hybridized carbons (Fsp3) is 0.833. The van der Waals surface area contributed by atoms with E-state index in [9.17, 15) is 0 Å². The van der Waals surface area contributed by atoms with Gasteiger partial charge in [-0.2, -0.15) is 0 Å². The monoisotopic (exact) mass is 215 g/mol. The molecule has 0 heterocycles. The second-order valence-electron chi connectivity index (χ2n) is 5.19. The van der Waals surface area contributed by atoms with Crippen molar-refractivity contribution in [2.75, 3.05) is 6.54 Å². The summed E-state index contributed by atoms with van der Waals surface area (Å²) in [4.78, 5) is 0. The lowest BCUT2D eigenvalue weighted by molar-refractivity contribution is 0.310.